The van der Waals surface area contributed by atoms with Gasteiger partial charge in [0.25, 0.3) is 0 Å². The first-order valence-electron chi connectivity index (χ1n) is 7.83. The van der Waals surface area contributed by atoms with Gasteiger partial charge in [0.15, 0.2) is 0 Å². The number of hydrogen-bond donors (Lipinski definition) is 2. The third-order valence-electron chi connectivity index (χ3n) is 4.43. The van der Waals surface area contributed by atoms with Crippen LogP contribution in [0.25, 0.3) is 10.9 Å². The van der Waals surface area contributed by atoms with Gasteiger partial charge in [-0.1, -0.05) is 31.5 Å². The van der Waals surface area contributed by atoms with Crippen LogP contribution in [0, 0.1) is 6.92 Å². The van der Waals surface area contributed by atoms with Crippen LogP contribution in [0.2, 0.25) is 0 Å². The summed E-state index contributed by atoms with van der Waals surface area (Å²) < 4.78 is 0. The summed E-state index contributed by atoms with van der Waals surface area (Å²) in [6.07, 6.45) is 2.47. The number of nitrogens with zero attached hydrogens (tertiary/aromatic N) is 1. The molecule has 22 heavy (non-hydrogen) atoms. The fourth-order valence-corrected chi connectivity index (χ4v) is 3.50. The molecular weight excluding hydrogens is 317 g/mol. The molecule has 2 heterocycles. The van der Waals surface area contributed by atoms with Gasteiger partial charge in [0, 0.05) is 48.8 Å². The number of rotatable bonds is 4. The van der Waals surface area contributed by atoms with Gasteiger partial charge >= 0.3 is 0 Å². The molecule has 0 radical (unpaired) electrons. The highest BCUT2D eigenvalue weighted by Gasteiger charge is 2.25. The normalized spacial score (nSPS) is 16.8. The quantitative estimate of drug-likeness (QED) is 0.876. The van der Waals surface area contributed by atoms with Crippen LogP contribution < -0.4 is 5.32 Å². The molecule has 5 heteroatoms. The van der Waals surface area contributed by atoms with Gasteiger partial charge in [-0.15, -0.1) is 24.8 Å². The molecule has 0 amide bonds. The Labute approximate surface area is 145 Å². The second-order valence-corrected chi connectivity index (χ2v) is 5.80. The van der Waals surface area contributed by atoms with E-state index < -0.39 is 0 Å². The van der Waals surface area contributed by atoms with Crippen LogP contribution >= 0.6 is 24.8 Å². The summed E-state index contributed by atoms with van der Waals surface area (Å²) >= 11 is 0. The molecule has 1 aliphatic rings. The average molecular weight is 344 g/mol. The van der Waals surface area contributed by atoms with E-state index in [0.29, 0.717) is 6.04 Å². The molecule has 0 bridgehead atoms. The number of nitrogens with one attached hydrogen (secondary N) is 2. The lowest BCUT2D eigenvalue weighted by Crippen LogP contribution is -2.45. The standard InChI is InChI=1S/C17H25N3.2ClH/c1-3-6-16(20-11-9-18-10-12-20)17-13(2)19-15-8-5-4-7-14(15)17;;/h4-5,7-8,16,18-19H,3,6,9-12H2,1-2H3;2*1H/t16-;;/m0../s1. The van der Waals surface area contributed by atoms with Crippen LogP contribution in [-0.4, -0.2) is 36.1 Å². The van der Waals surface area contributed by atoms with E-state index in [0.717, 1.165) is 26.2 Å². The largest absolute Gasteiger partial charge is 0.358 e. The summed E-state index contributed by atoms with van der Waals surface area (Å²) in [5.41, 5.74) is 4.13. The van der Waals surface area contributed by atoms with Gasteiger partial charge in [-0.05, 0) is 25.0 Å². The number of hydrogen-bond acceptors (Lipinski definition) is 2. The SMILES string of the molecule is CCC[C@@H](c1c(C)[nH]c2ccccc12)N1CCNCC1.Cl.Cl. The molecular formula is C17H27Cl2N3. The van der Waals surface area contributed by atoms with Gasteiger partial charge in [-0.25, -0.2) is 0 Å². The summed E-state index contributed by atoms with van der Waals surface area (Å²) in [4.78, 5) is 6.22. The van der Waals surface area contributed by atoms with E-state index in [-0.39, 0.29) is 24.8 Å². The van der Waals surface area contributed by atoms with E-state index in [1.165, 1.54) is 35.0 Å². The Kier molecular flexibility index (Phi) is 7.70. The molecule has 0 unspecified atom stereocenters. The highest BCUT2D eigenvalue weighted by atomic mass is 35.5. The number of piperazine rings is 1. The number of aromatic amines is 1. The smallest absolute Gasteiger partial charge is 0.0459 e. The predicted octanol–water partition coefficient (Wildman–Crippen LogP) is 4.07. The van der Waals surface area contributed by atoms with Gasteiger partial charge in [0.2, 0.25) is 0 Å². The van der Waals surface area contributed by atoms with Gasteiger partial charge in [0.05, 0.1) is 0 Å². The van der Waals surface area contributed by atoms with E-state index in [4.69, 9.17) is 0 Å². The maximum Gasteiger partial charge on any atom is 0.0459 e. The first-order chi connectivity index (χ1) is 9.81. The van der Waals surface area contributed by atoms with E-state index >= 15 is 0 Å². The van der Waals surface area contributed by atoms with Crippen molar-refractivity contribution in [3.05, 3.63) is 35.5 Å². The van der Waals surface area contributed by atoms with Crippen LogP contribution in [0.3, 0.4) is 0 Å². The molecule has 1 atom stereocenters. The number of aryl methyl sites for hydroxylation is 1. The van der Waals surface area contributed by atoms with Gasteiger partial charge < -0.3 is 10.3 Å². The number of benzene rings is 1. The van der Waals surface area contributed by atoms with Crippen molar-refractivity contribution in [3.8, 4) is 0 Å². The first-order valence-corrected chi connectivity index (χ1v) is 7.83. The van der Waals surface area contributed by atoms with Crippen molar-refractivity contribution in [2.45, 2.75) is 32.7 Å². The molecule has 1 saturated heterocycles. The van der Waals surface area contributed by atoms with Crippen molar-refractivity contribution in [1.82, 2.24) is 15.2 Å². The van der Waals surface area contributed by atoms with Crippen LogP contribution in [-0.2, 0) is 0 Å². The molecule has 2 aromatic rings. The monoisotopic (exact) mass is 343 g/mol. The summed E-state index contributed by atoms with van der Waals surface area (Å²) in [5, 5.41) is 4.86. The van der Waals surface area contributed by atoms with E-state index in [1.54, 1.807) is 0 Å². The predicted molar refractivity (Wildman–Crippen MR) is 99.6 cm³/mol. The molecule has 1 aromatic heterocycles. The molecule has 0 aliphatic carbocycles. The first kappa shape index (κ1) is 19.3. The molecule has 1 fully saturated rings. The van der Waals surface area contributed by atoms with Crippen molar-refractivity contribution in [1.29, 1.82) is 0 Å². The second kappa shape index (κ2) is 8.78. The number of H-pyrrole nitrogens is 1. The summed E-state index contributed by atoms with van der Waals surface area (Å²) in [6, 6.07) is 9.27. The highest BCUT2D eigenvalue weighted by Crippen LogP contribution is 2.34. The molecule has 3 nitrogen and oxygen atoms in total. The minimum absolute atomic E-state index is 0. The van der Waals surface area contributed by atoms with Crippen LogP contribution in [0.15, 0.2) is 24.3 Å². The average Bonchev–Trinajstić information content (AvgIpc) is 2.82. The Morgan fingerprint density at radius 3 is 2.50 bits per heavy atom. The Bertz CT molecular complexity index is 576. The lowest BCUT2D eigenvalue weighted by molar-refractivity contribution is 0.165. The van der Waals surface area contributed by atoms with Crippen LogP contribution in [0.1, 0.15) is 37.1 Å². The van der Waals surface area contributed by atoms with E-state index in [9.17, 15) is 0 Å². The molecule has 124 valence electrons. The van der Waals surface area contributed by atoms with Crippen molar-refractivity contribution in [3.63, 3.8) is 0 Å². The van der Waals surface area contributed by atoms with Gasteiger partial charge in [-0.2, -0.15) is 0 Å². The number of aromatic nitrogens is 1. The van der Waals surface area contributed by atoms with Crippen molar-refractivity contribution < 1.29 is 0 Å². The number of fused-ring (bicyclic) bond motifs is 1. The summed E-state index contributed by atoms with van der Waals surface area (Å²) in [6.45, 7) is 9.05. The van der Waals surface area contributed by atoms with Crippen molar-refractivity contribution in [2.75, 3.05) is 26.2 Å². The fraction of sp³-hybridized carbons (Fsp3) is 0.529. The Hall–Kier alpha value is -0.740. The Balaban J connectivity index is 0.00000121. The van der Waals surface area contributed by atoms with E-state index in [2.05, 4.69) is 53.3 Å². The molecule has 1 aromatic carbocycles. The zero-order valence-electron chi connectivity index (χ0n) is 13.4. The molecule has 2 N–H and O–H groups in total. The van der Waals surface area contributed by atoms with Gasteiger partial charge in [-0.3, -0.25) is 4.90 Å². The number of para-hydroxylation sites is 1. The Morgan fingerprint density at radius 2 is 1.82 bits per heavy atom. The fourth-order valence-electron chi connectivity index (χ4n) is 3.50. The zero-order valence-corrected chi connectivity index (χ0v) is 15.0. The second-order valence-electron chi connectivity index (χ2n) is 5.80. The van der Waals surface area contributed by atoms with Gasteiger partial charge in [0.1, 0.15) is 0 Å². The van der Waals surface area contributed by atoms with Crippen molar-refractivity contribution in [2.24, 2.45) is 0 Å². The molecule has 3 rings (SSSR count). The minimum atomic E-state index is 0. The topological polar surface area (TPSA) is 31.1 Å². The summed E-state index contributed by atoms with van der Waals surface area (Å²) in [5.74, 6) is 0. The maximum atomic E-state index is 3.56. The maximum absolute atomic E-state index is 3.56. The van der Waals surface area contributed by atoms with E-state index in [1.807, 2.05) is 0 Å². The van der Waals surface area contributed by atoms with Crippen LogP contribution in [0.4, 0.5) is 0 Å². The Morgan fingerprint density at radius 1 is 1.14 bits per heavy atom. The lowest BCUT2D eigenvalue weighted by Gasteiger charge is -2.35. The summed E-state index contributed by atoms with van der Waals surface area (Å²) in [7, 11) is 0. The zero-order chi connectivity index (χ0) is 13.9. The molecule has 0 saturated carbocycles. The van der Waals surface area contributed by atoms with Crippen LogP contribution in [0.5, 0.6) is 0 Å². The molecule has 0 spiro atoms. The van der Waals surface area contributed by atoms with Crippen molar-refractivity contribution >= 4 is 35.7 Å². The highest BCUT2D eigenvalue weighted by molar-refractivity contribution is 5.86. The minimum Gasteiger partial charge on any atom is -0.358 e. The number of halogens is 2. The lowest BCUT2D eigenvalue weighted by atomic mass is 9.97. The third-order valence-corrected chi connectivity index (χ3v) is 4.43. The third kappa shape index (κ3) is 3.77. The molecule has 1 aliphatic heterocycles.